The van der Waals surface area contributed by atoms with E-state index in [1.807, 2.05) is 19.1 Å². The van der Waals surface area contributed by atoms with Crippen LogP contribution in [0.25, 0.3) is 11.3 Å². The molecule has 0 aliphatic rings. The van der Waals surface area contributed by atoms with E-state index in [4.69, 9.17) is 9.47 Å². The topological polar surface area (TPSA) is 64.2 Å². The van der Waals surface area contributed by atoms with E-state index in [0.717, 1.165) is 5.56 Å². The summed E-state index contributed by atoms with van der Waals surface area (Å²) in [5, 5.41) is 0. The molecule has 0 unspecified atom stereocenters. The highest BCUT2D eigenvalue weighted by atomic mass is 16.5. The normalized spacial score (nSPS) is 10.3. The fourth-order valence-electron chi connectivity index (χ4n) is 1.99. The first kappa shape index (κ1) is 13.1. The number of ether oxygens (including phenoxy) is 2. The van der Waals surface area contributed by atoms with Crippen molar-refractivity contribution in [3.63, 3.8) is 0 Å². The Kier molecular flexibility index (Phi) is 3.85. The third kappa shape index (κ3) is 2.45. The first-order chi connectivity index (χ1) is 9.21. The van der Waals surface area contributed by atoms with E-state index in [9.17, 15) is 4.79 Å². The zero-order valence-electron chi connectivity index (χ0n) is 11.2. The number of hydrogen-bond donors (Lipinski definition) is 1. The largest absolute Gasteiger partial charge is 0.493 e. The summed E-state index contributed by atoms with van der Waals surface area (Å²) in [6.07, 6.45) is 2.03. The predicted molar refractivity (Wildman–Crippen MR) is 72.8 cm³/mol. The van der Waals surface area contributed by atoms with Crippen LogP contribution in [0, 0.1) is 0 Å². The lowest BCUT2D eigenvalue weighted by Crippen LogP contribution is -2.14. The first-order valence-corrected chi connectivity index (χ1v) is 6.00. The molecule has 0 fully saturated rings. The molecule has 5 nitrogen and oxygen atoms in total. The first-order valence-electron chi connectivity index (χ1n) is 6.00. The Morgan fingerprint density at radius 2 is 1.95 bits per heavy atom. The zero-order chi connectivity index (χ0) is 13.8. The molecule has 0 spiro atoms. The fourth-order valence-corrected chi connectivity index (χ4v) is 1.99. The molecule has 1 aromatic carbocycles. The molecule has 0 aliphatic carbocycles. The Hall–Kier alpha value is -2.30. The molecule has 2 rings (SSSR count). The maximum atomic E-state index is 11.8. The van der Waals surface area contributed by atoms with Crippen LogP contribution in [0.2, 0.25) is 0 Å². The van der Waals surface area contributed by atoms with Crippen molar-refractivity contribution in [2.24, 2.45) is 0 Å². The van der Waals surface area contributed by atoms with Crippen LogP contribution in [0.1, 0.15) is 12.5 Å². The number of methoxy groups -OCH3 is 2. The third-order valence-electron chi connectivity index (χ3n) is 2.96. The van der Waals surface area contributed by atoms with E-state index in [2.05, 4.69) is 9.97 Å². The van der Waals surface area contributed by atoms with Gasteiger partial charge in [-0.15, -0.1) is 0 Å². The second kappa shape index (κ2) is 5.56. The lowest BCUT2D eigenvalue weighted by Gasteiger charge is -2.10. The van der Waals surface area contributed by atoms with E-state index >= 15 is 0 Å². The molecule has 0 radical (unpaired) electrons. The van der Waals surface area contributed by atoms with Crippen molar-refractivity contribution in [3.8, 4) is 22.8 Å². The van der Waals surface area contributed by atoms with Gasteiger partial charge in [0.2, 0.25) is 0 Å². The van der Waals surface area contributed by atoms with Crippen molar-refractivity contribution < 1.29 is 9.47 Å². The number of aromatic nitrogens is 2. The molecule has 1 heterocycles. The summed E-state index contributed by atoms with van der Waals surface area (Å²) >= 11 is 0. The second-order valence-electron chi connectivity index (χ2n) is 3.98. The number of hydrogen-bond acceptors (Lipinski definition) is 4. The second-order valence-corrected chi connectivity index (χ2v) is 3.98. The monoisotopic (exact) mass is 260 g/mol. The van der Waals surface area contributed by atoms with Crippen LogP contribution in [-0.4, -0.2) is 24.2 Å². The average molecular weight is 260 g/mol. The Morgan fingerprint density at radius 1 is 1.21 bits per heavy atom. The van der Waals surface area contributed by atoms with Gasteiger partial charge >= 0.3 is 0 Å². The minimum absolute atomic E-state index is 0.109. The van der Waals surface area contributed by atoms with Gasteiger partial charge in [-0.1, -0.05) is 6.92 Å². The highest BCUT2D eigenvalue weighted by Crippen LogP contribution is 2.32. The standard InChI is InChI=1S/C14H16N2O3/c1-4-10-13(15-8-16-14(10)17)9-5-6-11(18-2)12(7-9)19-3/h5-8H,4H2,1-3H3,(H,15,16,17). The van der Waals surface area contributed by atoms with E-state index in [1.54, 1.807) is 20.3 Å². The molecule has 5 heteroatoms. The predicted octanol–water partition coefficient (Wildman–Crippen LogP) is 2.02. The number of benzene rings is 1. The number of H-pyrrole nitrogens is 1. The summed E-state index contributed by atoms with van der Waals surface area (Å²) in [7, 11) is 3.16. The number of nitrogens with one attached hydrogen (secondary N) is 1. The van der Waals surface area contributed by atoms with Crippen LogP contribution in [0.15, 0.2) is 29.3 Å². The molecule has 0 saturated carbocycles. The fraction of sp³-hybridized carbons (Fsp3) is 0.286. The molecular formula is C14H16N2O3. The summed E-state index contributed by atoms with van der Waals surface area (Å²) in [5.74, 6) is 1.26. The van der Waals surface area contributed by atoms with Crippen LogP contribution >= 0.6 is 0 Å². The van der Waals surface area contributed by atoms with E-state index in [1.165, 1.54) is 6.33 Å². The van der Waals surface area contributed by atoms with Gasteiger partial charge in [-0.05, 0) is 24.6 Å². The SMILES string of the molecule is CCc1c(-c2ccc(OC)c(OC)c2)nc[nH]c1=O. The summed E-state index contributed by atoms with van der Waals surface area (Å²) in [6.45, 7) is 1.93. The number of aromatic amines is 1. The van der Waals surface area contributed by atoms with Crippen LogP contribution in [0.3, 0.4) is 0 Å². The molecule has 0 amide bonds. The Labute approximate surface area is 111 Å². The minimum atomic E-state index is -0.109. The Bertz CT molecular complexity index is 635. The maximum absolute atomic E-state index is 11.8. The van der Waals surface area contributed by atoms with Gasteiger partial charge < -0.3 is 14.5 Å². The van der Waals surface area contributed by atoms with E-state index in [-0.39, 0.29) is 5.56 Å². The lowest BCUT2D eigenvalue weighted by molar-refractivity contribution is 0.355. The molecule has 0 aliphatic heterocycles. The van der Waals surface area contributed by atoms with Crippen molar-refractivity contribution in [3.05, 3.63) is 40.4 Å². The van der Waals surface area contributed by atoms with Gasteiger partial charge in [-0.25, -0.2) is 4.98 Å². The van der Waals surface area contributed by atoms with Gasteiger partial charge in [0, 0.05) is 11.1 Å². The molecule has 2 aromatic rings. The molecule has 0 atom stereocenters. The Balaban J connectivity index is 2.59. The van der Waals surface area contributed by atoms with Gasteiger partial charge in [-0.2, -0.15) is 0 Å². The van der Waals surface area contributed by atoms with Crippen LogP contribution < -0.4 is 15.0 Å². The van der Waals surface area contributed by atoms with E-state index in [0.29, 0.717) is 29.2 Å². The van der Waals surface area contributed by atoms with Crippen molar-refractivity contribution in [1.82, 2.24) is 9.97 Å². The lowest BCUT2D eigenvalue weighted by atomic mass is 10.0. The van der Waals surface area contributed by atoms with Crippen molar-refractivity contribution >= 4 is 0 Å². The maximum Gasteiger partial charge on any atom is 0.254 e. The van der Waals surface area contributed by atoms with Crippen LogP contribution in [-0.2, 0) is 6.42 Å². The van der Waals surface area contributed by atoms with Crippen LogP contribution in [0.5, 0.6) is 11.5 Å². The highest BCUT2D eigenvalue weighted by Gasteiger charge is 2.12. The molecule has 100 valence electrons. The van der Waals surface area contributed by atoms with Crippen LogP contribution in [0.4, 0.5) is 0 Å². The molecule has 0 bridgehead atoms. The van der Waals surface area contributed by atoms with Crippen molar-refractivity contribution in [2.45, 2.75) is 13.3 Å². The van der Waals surface area contributed by atoms with Gasteiger partial charge in [0.25, 0.3) is 5.56 Å². The molecule has 1 N–H and O–H groups in total. The van der Waals surface area contributed by atoms with Gasteiger partial charge in [-0.3, -0.25) is 4.79 Å². The minimum Gasteiger partial charge on any atom is -0.493 e. The number of nitrogens with zero attached hydrogens (tertiary/aromatic N) is 1. The molecule has 0 saturated heterocycles. The summed E-state index contributed by atoms with van der Waals surface area (Å²) < 4.78 is 10.5. The summed E-state index contributed by atoms with van der Waals surface area (Å²) in [4.78, 5) is 18.6. The Morgan fingerprint density at radius 3 is 2.58 bits per heavy atom. The van der Waals surface area contributed by atoms with Crippen molar-refractivity contribution in [1.29, 1.82) is 0 Å². The average Bonchev–Trinajstić information content (AvgIpc) is 2.46. The van der Waals surface area contributed by atoms with E-state index < -0.39 is 0 Å². The van der Waals surface area contributed by atoms with Gasteiger partial charge in [0.05, 0.1) is 26.2 Å². The summed E-state index contributed by atoms with van der Waals surface area (Å²) in [5.41, 5.74) is 2.06. The smallest absolute Gasteiger partial charge is 0.254 e. The third-order valence-corrected chi connectivity index (χ3v) is 2.96. The molecule has 1 aromatic heterocycles. The van der Waals surface area contributed by atoms with Gasteiger partial charge in [0.1, 0.15) is 0 Å². The summed E-state index contributed by atoms with van der Waals surface area (Å²) in [6, 6.07) is 5.48. The van der Waals surface area contributed by atoms with Crippen molar-refractivity contribution in [2.75, 3.05) is 14.2 Å². The quantitative estimate of drug-likeness (QED) is 0.913. The van der Waals surface area contributed by atoms with Gasteiger partial charge in [0.15, 0.2) is 11.5 Å². The number of rotatable bonds is 4. The zero-order valence-corrected chi connectivity index (χ0v) is 11.2. The molecular weight excluding hydrogens is 244 g/mol. The molecule has 19 heavy (non-hydrogen) atoms. The highest BCUT2D eigenvalue weighted by molar-refractivity contribution is 5.66.